The quantitative estimate of drug-likeness (QED) is 0.898. The molecular weight excluding hydrogens is 302 g/mol. The van der Waals surface area contributed by atoms with Crippen molar-refractivity contribution in [2.45, 2.75) is 39.2 Å². The van der Waals surface area contributed by atoms with Crippen molar-refractivity contribution in [3.63, 3.8) is 0 Å². The Morgan fingerprint density at radius 1 is 1.17 bits per heavy atom. The summed E-state index contributed by atoms with van der Waals surface area (Å²) in [5, 5.41) is 9.93. The number of fused-ring (bicyclic) bond motifs is 3. The van der Waals surface area contributed by atoms with Gasteiger partial charge < -0.3 is 14.6 Å². The first-order valence-corrected chi connectivity index (χ1v) is 9.17. The number of nitrogens with zero attached hydrogens (tertiary/aromatic N) is 1. The number of hydrogen-bond donors (Lipinski definition) is 1. The Kier molecular flexibility index (Phi) is 5.36. The molecule has 1 N–H and O–H groups in total. The zero-order valence-corrected chi connectivity index (χ0v) is 15.4. The Morgan fingerprint density at radius 2 is 1.88 bits per heavy atom. The van der Waals surface area contributed by atoms with Crippen molar-refractivity contribution in [3.05, 3.63) is 23.3 Å². The third-order valence-corrected chi connectivity index (χ3v) is 5.78. The number of aliphatic hydroxyl groups is 1. The summed E-state index contributed by atoms with van der Waals surface area (Å²) in [7, 11) is 3.39. The van der Waals surface area contributed by atoms with E-state index in [0.717, 1.165) is 37.4 Å². The third kappa shape index (κ3) is 3.27. The fourth-order valence-electron chi connectivity index (χ4n) is 4.60. The van der Waals surface area contributed by atoms with Crippen LogP contribution in [0.3, 0.4) is 0 Å². The molecule has 1 aromatic rings. The maximum absolute atomic E-state index is 9.93. The molecule has 3 atom stereocenters. The minimum absolute atomic E-state index is 0.296. The molecule has 0 radical (unpaired) electrons. The summed E-state index contributed by atoms with van der Waals surface area (Å²) in [4.78, 5) is 2.62. The van der Waals surface area contributed by atoms with E-state index in [4.69, 9.17) is 9.47 Å². The molecule has 3 unspecified atom stereocenters. The van der Waals surface area contributed by atoms with E-state index in [9.17, 15) is 5.11 Å². The van der Waals surface area contributed by atoms with Crippen molar-refractivity contribution in [1.82, 2.24) is 4.90 Å². The zero-order valence-electron chi connectivity index (χ0n) is 15.4. The molecule has 0 spiro atoms. The monoisotopic (exact) mass is 333 g/mol. The molecule has 1 aromatic carbocycles. The second-order valence-corrected chi connectivity index (χ2v) is 7.73. The zero-order chi connectivity index (χ0) is 17.3. The van der Waals surface area contributed by atoms with E-state index in [1.807, 2.05) is 0 Å². The largest absolute Gasteiger partial charge is 0.493 e. The molecule has 134 valence electrons. The van der Waals surface area contributed by atoms with Gasteiger partial charge in [0.05, 0.1) is 14.2 Å². The van der Waals surface area contributed by atoms with Gasteiger partial charge in [-0.15, -0.1) is 0 Å². The van der Waals surface area contributed by atoms with Crippen LogP contribution in [0.1, 0.15) is 43.9 Å². The Balaban J connectivity index is 1.89. The molecule has 4 heteroatoms. The van der Waals surface area contributed by atoms with Crippen molar-refractivity contribution >= 4 is 0 Å². The molecule has 4 nitrogen and oxygen atoms in total. The van der Waals surface area contributed by atoms with Crippen LogP contribution >= 0.6 is 0 Å². The Morgan fingerprint density at radius 3 is 2.50 bits per heavy atom. The van der Waals surface area contributed by atoms with Crippen LogP contribution in [0.5, 0.6) is 11.5 Å². The number of hydrogen-bond acceptors (Lipinski definition) is 4. The fourth-order valence-corrected chi connectivity index (χ4v) is 4.60. The van der Waals surface area contributed by atoms with E-state index >= 15 is 0 Å². The summed E-state index contributed by atoms with van der Waals surface area (Å²) in [6.45, 7) is 7.05. The lowest BCUT2D eigenvalue weighted by molar-refractivity contribution is 0.0187. The van der Waals surface area contributed by atoms with Gasteiger partial charge in [-0.2, -0.15) is 0 Å². The standard InChI is InChI=1S/C20H31NO3/c1-13(2)7-15-11-21-6-5-14-9-19(23-3)20(24-4)10-17(14)18(21)8-16(15)12-22/h9-10,13,15-16,18,22H,5-8,11-12H2,1-4H3. The molecule has 0 aromatic heterocycles. The van der Waals surface area contributed by atoms with Crippen molar-refractivity contribution in [2.24, 2.45) is 17.8 Å². The molecule has 2 aliphatic rings. The van der Waals surface area contributed by atoms with E-state index in [1.165, 1.54) is 17.5 Å². The predicted molar refractivity (Wildman–Crippen MR) is 95.7 cm³/mol. The third-order valence-electron chi connectivity index (χ3n) is 5.78. The number of benzene rings is 1. The van der Waals surface area contributed by atoms with Gasteiger partial charge in [0.2, 0.25) is 0 Å². The smallest absolute Gasteiger partial charge is 0.161 e. The Labute approximate surface area is 145 Å². The fraction of sp³-hybridized carbons (Fsp3) is 0.700. The average Bonchev–Trinajstić information content (AvgIpc) is 2.59. The van der Waals surface area contributed by atoms with E-state index in [2.05, 4.69) is 30.9 Å². The van der Waals surface area contributed by atoms with Crippen LogP contribution in [0.15, 0.2) is 12.1 Å². The molecule has 1 saturated heterocycles. The number of methoxy groups -OCH3 is 2. The Hall–Kier alpha value is -1.26. The van der Waals surface area contributed by atoms with Crippen LogP contribution in [-0.4, -0.2) is 43.9 Å². The van der Waals surface area contributed by atoms with E-state index in [-0.39, 0.29) is 0 Å². The molecule has 2 aliphatic heterocycles. The number of rotatable bonds is 5. The number of piperidine rings is 1. The molecule has 1 fully saturated rings. The van der Waals surface area contributed by atoms with Crippen LogP contribution < -0.4 is 9.47 Å². The summed E-state index contributed by atoms with van der Waals surface area (Å²) in [5.41, 5.74) is 2.73. The van der Waals surface area contributed by atoms with Crippen LogP contribution in [0, 0.1) is 17.8 Å². The number of ether oxygens (including phenoxy) is 2. The first-order chi connectivity index (χ1) is 11.6. The first-order valence-electron chi connectivity index (χ1n) is 9.17. The predicted octanol–water partition coefficient (Wildman–Crippen LogP) is 3.28. The maximum Gasteiger partial charge on any atom is 0.161 e. The first kappa shape index (κ1) is 17.6. The van der Waals surface area contributed by atoms with Crippen LogP contribution in [-0.2, 0) is 6.42 Å². The Bertz CT molecular complexity index is 572. The van der Waals surface area contributed by atoms with E-state index < -0.39 is 0 Å². The van der Waals surface area contributed by atoms with E-state index in [0.29, 0.717) is 30.4 Å². The van der Waals surface area contributed by atoms with Gasteiger partial charge in [-0.3, -0.25) is 4.90 Å². The molecule has 3 rings (SSSR count). The number of aliphatic hydroxyl groups excluding tert-OH is 1. The minimum atomic E-state index is 0.296. The molecule has 0 amide bonds. The van der Waals surface area contributed by atoms with Crippen LogP contribution in [0.2, 0.25) is 0 Å². The lowest BCUT2D eigenvalue weighted by atomic mass is 9.74. The van der Waals surface area contributed by atoms with Crippen molar-refractivity contribution < 1.29 is 14.6 Å². The summed E-state index contributed by atoms with van der Waals surface area (Å²) in [6, 6.07) is 4.69. The summed E-state index contributed by atoms with van der Waals surface area (Å²) < 4.78 is 11.0. The second kappa shape index (κ2) is 7.32. The molecule has 0 aliphatic carbocycles. The van der Waals surface area contributed by atoms with Crippen molar-refractivity contribution in [2.75, 3.05) is 33.9 Å². The van der Waals surface area contributed by atoms with Gasteiger partial charge >= 0.3 is 0 Å². The van der Waals surface area contributed by atoms with Crippen LogP contribution in [0.25, 0.3) is 0 Å². The minimum Gasteiger partial charge on any atom is -0.493 e. The highest BCUT2D eigenvalue weighted by Crippen LogP contribution is 2.45. The SMILES string of the molecule is COc1cc2c(cc1OC)C1CC(CO)C(CC(C)C)CN1CC2. The highest BCUT2D eigenvalue weighted by Gasteiger charge is 2.39. The van der Waals surface area contributed by atoms with E-state index in [1.54, 1.807) is 14.2 Å². The topological polar surface area (TPSA) is 41.9 Å². The highest BCUT2D eigenvalue weighted by molar-refractivity contribution is 5.49. The van der Waals surface area contributed by atoms with Crippen LogP contribution in [0.4, 0.5) is 0 Å². The summed E-state index contributed by atoms with van der Waals surface area (Å²) in [6.07, 6.45) is 3.30. The van der Waals surface area contributed by atoms with Gasteiger partial charge in [-0.1, -0.05) is 13.8 Å². The maximum atomic E-state index is 9.93. The van der Waals surface area contributed by atoms with Crippen molar-refractivity contribution in [1.29, 1.82) is 0 Å². The lowest BCUT2D eigenvalue weighted by Gasteiger charge is -2.47. The summed E-state index contributed by atoms with van der Waals surface area (Å²) in [5.74, 6) is 3.31. The molecule has 2 heterocycles. The van der Waals surface area contributed by atoms with Gasteiger partial charge in [0.25, 0.3) is 0 Å². The lowest BCUT2D eigenvalue weighted by Crippen LogP contribution is -2.47. The molecule has 0 saturated carbocycles. The van der Waals surface area contributed by atoms with Crippen molar-refractivity contribution in [3.8, 4) is 11.5 Å². The molecular formula is C20H31NO3. The molecule has 24 heavy (non-hydrogen) atoms. The highest BCUT2D eigenvalue weighted by atomic mass is 16.5. The van der Waals surface area contributed by atoms with Gasteiger partial charge in [0.15, 0.2) is 11.5 Å². The normalized spacial score (nSPS) is 26.8. The van der Waals surface area contributed by atoms with Gasteiger partial charge in [-0.25, -0.2) is 0 Å². The van der Waals surface area contributed by atoms with Gasteiger partial charge in [-0.05, 0) is 60.3 Å². The molecule has 0 bridgehead atoms. The summed E-state index contributed by atoms with van der Waals surface area (Å²) >= 11 is 0. The van der Waals surface area contributed by atoms with Gasteiger partial charge in [0, 0.05) is 25.7 Å². The van der Waals surface area contributed by atoms with Gasteiger partial charge in [0.1, 0.15) is 0 Å². The second-order valence-electron chi connectivity index (χ2n) is 7.73. The average molecular weight is 333 g/mol.